The van der Waals surface area contributed by atoms with Gasteiger partial charge in [-0.2, -0.15) is 0 Å². The van der Waals surface area contributed by atoms with Gasteiger partial charge in [-0.15, -0.1) is 0 Å². The highest BCUT2D eigenvalue weighted by Gasteiger charge is 2.30. The highest BCUT2D eigenvalue weighted by atomic mass is 35.5. The van der Waals surface area contributed by atoms with E-state index in [2.05, 4.69) is 10.6 Å². The molecule has 3 rings (SSSR count). The lowest BCUT2D eigenvalue weighted by Crippen LogP contribution is -2.37. The highest BCUT2D eigenvalue weighted by Crippen LogP contribution is 2.29. The van der Waals surface area contributed by atoms with Gasteiger partial charge in [0.05, 0.1) is 28.6 Å². The topological polar surface area (TPSA) is 107 Å². The third kappa shape index (κ3) is 7.78. The van der Waals surface area contributed by atoms with Crippen molar-refractivity contribution in [2.75, 3.05) is 46.2 Å². The largest absolute Gasteiger partial charge is 0.493 e. The number of likely N-dealkylation sites (N-methyl/N-ethyl adjacent to an activating group) is 1. The summed E-state index contributed by atoms with van der Waals surface area (Å²) in [5.41, 5.74) is 0.272. The van der Waals surface area contributed by atoms with Crippen LogP contribution in [0.25, 0.3) is 5.69 Å². The number of carbonyl (C=O) groups is 2. The minimum Gasteiger partial charge on any atom is -0.493 e. The molecule has 0 aliphatic rings. The van der Waals surface area contributed by atoms with Crippen molar-refractivity contribution in [3.63, 3.8) is 0 Å². The Bertz CT molecular complexity index is 1470. The predicted molar refractivity (Wildman–Crippen MR) is 161 cm³/mol. The van der Waals surface area contributed by atoms with Crippen LogP contribution in [0.15, 0.2) is 47.3 Å². The molecule has 0 spiro atoms. The summed E-state index contributed by atoms with van der Waals surface area (Å²) >= 11 is 5.90. The predicted octanol–water partition coefficient (Wildman–Crippen LogP) is 4.40. The normalized spacial score (nSPS) is 12.3. The number of ether oxygens (including phenoxy) is 2. The number of carbonyl (C=O) groups excluding carboxylic acids is 2. The Hall–Kier alpha value is -3.67. The third-order valence-corrected chi connectivity index (χ3v) is 6.92. The molecule has 0 radical (unpaired) electrons. The number of hydrogen-bond donors (Lipinski definition) is 2. The molecule has 0 fully saturated rings. The number of anilines is 1. The molecule has 1 aromatic heterocycles. The van der Waals surface area contributed by atoms with Crippen LogP contribution in [0.2, 0.25) is 5.02 Å². The Kier molecular flexibility index (Phi) is 10.9. The number of halogens is 2. The number of methoxy groups -OCH3 is 1. The summed E-state index contributed by atoms with van der Waals surface area (Å²) in [6.07, 6.45) is -0.521. The summed E-state index contributed by atoms with van der Waals surface area (Å²) in [6, 6.07) is 11.4. The van der Waals surface area contributed by atoms with Crippen LogP contribution in [0.5, 0.6) is 5.75 Å². The summed E-state index contributed by atoms with van der Waals surface area (Å²) < 4.78 is 28.3. The van der Waals surface area contributed by atoms with E-state index in [-0.39, 0.29) is 41.6 Å². The van der Waals surface area contributed by atoms with E-state index in [1.165, 1.54) is 10.7 Å². The van der Waals surface area contributed by atoms with Gasteiger partial charge < -0.3 is 25.0 Å². The van der Waals surface area contributed by atoms with Crippen molar-refractivity contribution >= 4 is 29.1 Å². The van der Waals surface area contributed by atoms with E-state index >= 15 is 0 Å². The lowest BCUT2D eigenvalue weighted by atomic mass is 9.88. The number of hydrogen-bond acceptors (Lipinski definition) is 6. The molecule has 12 heteroatoms. The first-order chi connectivity index (χ1) is 19.8. The van der Waals surface area contributed by atoms with Gasteiger partial charge in [-0.3, -0.25) is 19.1 Å². The molecular formula is C30H39ClFN5O5. The second kappa shape index (κ2) is 14.0. The number of para-hydroxylation sites is 1. The number of aromatic nitrogens is 2. The Balaban J connectivity index is 1.83. The number of amides is 2. The van der Waals surface area contributed by atoms with Gasteiger partial charge in [0.1, 0.15) is 23.4 Å². The van der Waals surface area contributed by atoms with Gasteiger partial charge >= 0.3 is 0 Å². The van der Waals surface area contributed by atoms with E-state index in [1.807, 2.05) is 63.2 Å². The molecule has 10 nitrogen and oxygen atoms in total. The van der Waals surface area contributed by atoms with Crippen molar-refractivity contribution in [1.29, 1.82) is 0 Å². The van der Waals surface area contributed by atoms with Crippen molar-refractivity contribution in [1.82, 2.24) is 19.6 Å². The summed E-state index contributed by atoms with van der Waals surface area (Å²) in [7, 11) is 7.09. The fraction of sp³-hybridized carbons (Fsp3) is 0.433. The molecule has 1 atom stereocenters. The average molecular weight is 604 g/mol. The lowest BCUT2D eigenvalue weighted by Gasteiger charge is -2.25. The van der Waals surface area contributed by atoms with Crippen LogP contribution < -0.4 is 20.9 Å². The van der Waals surface area contributed by atoms with Crippen LogP contribution in [-0.2, 0) is 16.6 Å². The van der Waals surface area contributed by atoms with Gasteiger partial charge in [0, 0.05) is 39.7 Å². The molecule has 2 amide bonds. The van der Waals surface area contributed by atoms with Gasteiger partial charge in [0.15, 0.2) is 0 Å². The van der Waals surface area contributed by atoms with Crippen molar-refractivity contribution in [2.24, 2.45) is 12.5 Å². The quantitative estimate of drug-likeness (QED) is 0.300. The van der Waals surface area contributed by atoms with Crippen molar-refractivity contribution in [3.8, 4) is 11.4 Å². The summed E-state index contributed by atoms with van der Waals surface area (Å²) in [5.74, 6) is -1.54. The molecule has 0 aliphatic carbocycles. The average Bonchev–Trinajstić information content (AvgIpc) is 3.16. The summed E-state index contributed by atoms with van der Waals surface area (Å²) in [6.45, 7) is 6.16. The van der Waals surface area contributed by atoms with E-state index in [4.69, 9.17) is 21.1 Å². The monoisotopic (exact) mass is 603 g/mol. The molecule has 0 saturated carbocycles. The zero-order chi connectivity index (χ0) is 31.2. The summed E-state index contributed by atoms with van der Waals surface area (Å²) in [5, 5.41) is 5.41. The highest BCUT2D eigenvalue weighted by molar-refractivity contribution is 6.31. The maximum Gasteiger partial charge on any atom is 0.295 e. The molecule has 0 bridgehead atoms. The molecule has 1 heterocycles. The zero-order valence-corrected chi connectivity index (χ0v) is 25.8. The lowest BCUT2D eigenvalue weighted by molar-refractivity contribution is -0.118. The van der Waals surface area contributed by atoms with Gasteiger partial charge in [-0.1, -0.05) is 43.6 Å². The number of nitrogens with zero attached hydrogens (tertiary/aromatic N) is 3. The first-order valence-electron chi connectivity index (χ1n) is 13.5. The second-order valence-corrected chi connectivity index (χ2v) is 11.4. The van der Waals surface area contributed by atoms with Crippen LogP contribution in [0.1, 0.15) is 49.3 Å². The van der Waals surface area contributed by atoms with E-state index < -0.39 is 34.7 Å². The maximum absolute atomic E-state index is 13.9. The molecule has 3 aromatic rings. The molecule has 0 saturated heterocycles. The fourth-order valence-corrected chi connectivity index (χ4v) is 4.81. The fourth-order valence-electron chi connectivity index (χ4n) is 4.65. The Morgan fingerprint density at radius 1 is 1.17 bits per heavy atom. The molecule has 0 aliphatic heterocycles. The van der Waals surface area contributed by atoms with Gasteiger partial charge in [0.2, 0.25) is 5.91 Å². The van der Waals surface area contributed by atoms with E-state index in [9.17, 15) is 18.8 Å². The van der Waals surface area contributed by atoms with Crippen LogP contribution in [0.3, 0.4) is 0 Å². The van der Waals surface area contributed by atoms with Gasteiger partial charge in [-0.05, 0) is 44.6 Å². The minimum absolute atomic E-state index is 0.0137. The molecule has 1 unspecified atom stereocenters. The minimum atomic E-state index is -0.715. The van der Waals surface area contributed by atoms with Crippen molar-refractivity contribution in [3.05, 3.63) is 74.9 Å². The van der Waals surface area contributed by atoms with E-state index in [0.717, 1.165) is 6.07 Å². The van der Waals surface area contributed by atoms with Crippen LogP contribution in [0.4, 0.5) is 10.1 Å². The molecule has 42 heavy (non-hydrogen) atoms. The molecule has 2 N–H and O–H groups in total. The smallest absolute Gasteiger partial charge is 0.295 e. The van der Waals surface area contributed by atoms with Gasteiger partial charge in [-0.25, -0.2) is 9.07 Å². The number of benzene rings is 2. The second-order valence-electron chi connectivity index (χ2n) is 11.0. The first kappa shape index (κ1) is 32.8. The Labute approximate surface area is 250 Å². The summed E-state index contributed by atoms with van der Waals surface area (Å²) in [4.78, 5) is 41.9. The Morgan fingerprint density at radius 3 is 2.43 bits per heavy atom. The van der Waals surface area contributed by atoms with Crippen LogP contribution in [-0.4, -0.2) is 67.0 Å². The van der Waals surface area contributed by atoms with E-state index in [1.54, 1.807) is 25.8 Å². The SMILES string of the molecule is CCOc1cc(F)c(Cl)cc1C(=O)NCC(C)(C)CC(=O)Nc1c(C(CN(C)C)OC)n(C)n(-c2ccccc2)c1=O. The van der Waals surface area contributed by atoms with E-state index in [0.29, 0.717) is 17.9 Å². The standard InChI is InChI=1S/C30H39ClFN5O5/c1-8-42-23-15-22(32)21(31)14-20(23)28(39)33-18-30(2,3)16-25(38)34-26-27(24(41-7)17-35(4)5)36(6)37(29(26)40)19-12-10-9-11-13-19/h9-15,24H,8,16-18H2,1-7H3,(H,33,39)(H,34,38). The van der Waals surface area contributed by atoms with Crippen LogP contribution >= 0.6 is 11.6 Å². The van der Waals surface area contributed by atoms with Crippen molar-refractivity contribution in [2.45, 2.75) is 33.3 Å². The molecule has 2 aromatic carbocycles. The Morgan fingerprint density at radius 2 is 1.83 bits per heavy atom. The number of nitrogens with one attached hydrogen (secondary N) is 2. The maximum atomic E-state index is 13.9. The van der Waals surface area contributed by atoms with Crippen LogP contribution in [0, 0.1) is 11.2 Å². The van der Waals surface area contributed by atoms with Gasteiger partial charge in [0.25, 0.3) is 11.5 Å². The molecular weight excluding hydrogens is 565 g/mol. The first-order valence-corrected chi connectivity index (χ1v) is 13.9. The van der Waals surface area contributed by atoms with Crippen molar-refractivity contribution < 1.29 is 23.5 Å². The number of rotatable bonds is 13. The zero-order valence-electron chi connectivity index (χ0n) is 25.1. The third-order valence-electron chi connectivity index (χ3n) is 6.63. The molecule has 228 valence electrons.